The van der Waals surface area contributed by atoms with Crippen LogP contribution >= 0.6 is 11.3 Å². The van der Waals surface area contributed by atoms with Gasteiger partial charge in [-0.2, -0.15) is 5.10 Å². The maximum Gasteiger partial charge on any atom is 0.274 e. The number of carbonyl (C=O) groups excluding carboxylic acids is 1. The van der Waals surface area contributed by atoms with Crippen LogP contribution in [0.2, 0.25) is 0 Å². The Morgan fingerprint density at radius 3 is 3.04 bits per heavy atom. The van der Waals surface area contributed by atoms with Gasteiger partial charge in [0.15, 0.2) is 0 Å². The Hall–Kier alpha value is -1.73. The number of hydrogen-bond donors (Lipinski definition) is 1. The summed E-state index contributed by atoms with van der Waals surface area (Å²) in [5.41, 5.74) is 4.57. The number of hydrogen-bond acceptors (Lipinski definition) is 5. The molecule has 23 heavy (non-hydrogen) atoms. The Kier molecular flexibility index (Phi) is 5.40. The highest BCUT2D eigenvalue weighted by Gasteiger charge is 2.22. The van der Waals surface area contributed by atoms with E-state index in [-0.39, 0.29) is 5.91 Å². The lowest BCUT2D eigenvalue weighted by atomic mass is 10.2. The van der Waals surface area contributed by atoms with Gasteiger partial charge in [-0.1, -0.05) is 13.3 Å². The summed E-state index contributed by atoms with van der Waals surface area (Å²) < 4.78 is 0. The van der Waals surface area contributed by atoms with E-state index in [1.165, 1.54) is 0 Å². The molecule has 0 spiro atoms. The largest absolute Gasteiger partial charge is 0.336 e. The molecule has 1 amide bonds. The van der Waals surface area contributed by atoms with E-state index in [1.807, 2.05) is 16.5 Å². The summed E-state index contributed by atoms with van der Waals surface area (Å²) in [5.74, 6) is 0.0408. The molecule has 0 aliphatic carbocycles. The molecule has 6 nitrogen and oxygen atoms in total. The van der Waals surface area contributed by atoms with Crippen LogP contribution in [0.3, 0.4) is 0 Å². The topological polar surface area (TPSA) is 65.1 Å². The zero-order valence-corrected chi connectivity index (χ0v) is 14.3. The SMILES string of the molecule is CCCc1cc(C(=O)N2CCCN(Cc3cscn3)CC2)n[nH]1. The van der Waals surface area contributed by atoms with Gasteiger partial charge in [-0.25, -0.2) is 4.98 Å². The summed E-state index contributed by atoms with van der Waals surface area (Å²) in [5, 5.41) is 9.24. The minimum Gasteiger partial charge on any atom is -0.336 e. The lowest BCUT2D eigenvalue weighted by Gasteiger charge is -2.20. The van der Waals surface area contributed by atoms with Crippen molar-refractivity contribution in [3.05, 3.63) is 34.0 Å². The van der Waals surface area contributed by atoms with Gasteiger partial charge in [-0.05, 0) is 18.9 Å². The van der Waals surface area contributed by atoms with Gasteiger partial charge in [-0.3, -0.25) is 14.8 Å². The average molecular weight is 333 g/mol. The van der Waals surface area contributed by atoms with Crippen LogP contribution in [-0.4, -0.2) is 57.1 Å². The van der Waals surface area contributed by atoms with Crippen LogP contribution in [0.1, 0.15) is 41.6 Å². The molecule has 2 aromatic rings. The van der Waals surface area contributed by atoms with E-state index >= 15 is 0 Å². The molecule has 0 atom stereocenters. The molecule has 124 valence electrons. The van der Waals surface area contributed by atoms with Crippen molar-refractivity contribution in [2.75, 3.05) is 26.2 Å². The zero-order valence-electron chi connectivity index (χ0n) is 13.5. The first-order valence-corrected chi connectivity index (χ1v) is 9.13. The monoisotopic (exact) mass is 333 g/mol. The molecular formula is C16H23N5OS. The fourth-order valence-electron chi connectivity index (χ4n) is 2.91. The number of carbonyl (C=O) groups is 1. The van der Waals surface area contributed by atoms with Crippen molar-refractivity contribution >= 4 is 17.2 Å². The highest BCUT2D eigenvalue weighted by atomic mass is 32.1. The highest BCUT2D eigenvalue weighted by Crippen LogP contribution is 2.12. The smallest absolute Gasteiger partial charge is 0.274 e. The number of rotatable bonds is 5. The predicted molar refractivity (Wildman–Crippen MR) is 90.5 cm³/mol. The summed E-state index contributed by atoms with van der Waals surface area (Å²) in [6, 6.07) is 1.89. The minimum atomic E-state index is 0.0408. The maximum atomic E-state index is 12.6. The standard InChI is InChI=1S/C16H23N5OS/c1-2-4-13-9-15(19-18-13)16(22)21-6-3-5-20(7-8-21)10-14-11-23-12-17-14/h9,11-12H,2-8,10H2,1H3,(H,18,19). The number of nitrogens with zero attached hydrogens (tertiary/aromatic N) is 4. The first-order chi connectivity index (χ1) is 11.3. The van der Waals surface area contributed by atoms with Crippen molar-refractivity contribution in [3.63, 3.8) is 0 Å². The molecule has 0 saturated carbocycles. The zero-order chi connectivity index (χ0) is 16.1. The molecule has 3 heterocycles. The number of aromatic nitrogens is 3. The molecule has 0 aromatic carbocycles. The molecule has 1 fully saturated rings. The molecule has 0 bridgehead atoms. The van der Waals surface area contributed by atoms with Gasteiger partial charge in [-0.15, -0.1) is 11.3 Å². The van der Waals surface area contributed by atoms with E-state index in [0.717, 1.165) is 63.4 Å². The van der Waals surface area contributed by atoms with Gasteiger partial charge < -0.3 is 4.90 Å². The first kappa shape index (κ1) is 16.1. The van der Waals surface area contributed by atoms with E-state index < -0.39 is 0 Å². The molecule has 3 rings (SSSR count). The van der Waals surface area contributed by atoms with Gasteiger partial charge >= 0.3 is 0 Å². The Labute approximate surface area is 140 Å². The number of amides is 1. The van der Waals surface area contributed by atoms with Crippen LogP contribution in [0.5, 0.6) is 0 Å². The summed E-state index contributed by atoms with van der Waals surface area (Å²) in [4.78, 5) is 21.2. The number of H-pyrrole nitrogens is 1. The molecule has 1 saturated heterocycles. The van der Waals surface area contributed by atoms with Gasteiger partial charge in [0.05, 0.1) is 11.2 Å². The first-order valence-electron chi connectivity index (χ1n) is 8.19. The fraction of sp³-hybridized carbons (Fsp3) is 0.562. The normalized spacial score (nSPS) is 16.5. The summed E-state index contributed by atoms with van der Waals surface area (Å²) in [6.07, 6.45) is 2.97. The van der Waals surface area contributed by atoms with Crippen molar-refractivity contribution in [3.8, 4) is 0 Å². The molecule has 1 aliphatic rings. The van der Waals surface area contributed by atoms with Crippen LogP contribution < -0.4 is 0 Å². The Bertz CT molecular complexity index is 624. The summed E-state index contributed by atoms with van der Waals surface area (Å²) in [6.45, 7) is 6.42. The summed E-state index contributed by atoms with van der Waals surface area (Å²) in [7, 11) is 0. The molecule has 1 aliphatic heterocycles. The number of aryl methyl sites for hydroxylation is 1. The van der Waals surface area contributed by atoms with Gasteiger partial charge in [0.2, 0.25) is 0 Å². The van der Waals surface area contributed by atoms with Gasteiger partial charge in [0.1, 0.15) is 5.69 Å². The van der Waals surface area contributed by atoms with E-state index in [9.17, 15) is 4.79 Å². The Morgan fingerprint density at radius 1 is 1.35 bits per heavy atom. The van der Waals surface area contributed by atoms with Crippen molar-refractivity contribution < 1.29 is 4.79 Å². The maximum absolute atomic E-state index is 12.6. The molecule has 7 heteroatoms. The third-order valence-electron chi connectivity index (χ3n) is 4.11. The summed E-state index contributed by atoms with van der Waals surface area (Å²) >= 11 is 1.63. The fourth-order valence-corrected chi connectivity index (χ4v) is 3.46. The number of aromatic amines is 1. The molecule has 2 aromatic heterocycles. The number of thiazole rings is 1. The Balaban J connectivity index is 1.57. The van der Waals surface area contributed by atoms with E-state index in [1.54, 1.807) is 11.3 Å². The van der Waals surface area contributed by atoms with Crippen LogP contribution in [0.25, 0.3) is 0 Å². The third-order valence-corrected chi connectivity index (χ3v) is 4.75. The predicted octanol–water partition coefficient (Wildman–Crippen LogP) is 2.17. The minimum absolute atomic E-state index is 0.0408. The molecule has 1 N–H and O–H groups in total. The second-order valence-electron chi connectivity index (χ2n) is 5.93. The van der Waals surface area contributed by atoms with E-state index in [2.05, 4.69) is 32.4 Å². The molecule has 0 radical (unpaired) electrons. The second kappa shape index (κ2) is 7.70. The van der Waals surface area contributed by atoms with E-state index in [0.29, 0.717) is 5.69 Å². The van der Waals surface area contributed by atoms with Crippen molar-refractivity contribution in [2.24, 2.45) is 0 Å². The van der Waals surface area contributed by atoms with Crippen LogP contribution in [0, 0.1) is 0 Å². The molecule has 0 unspecified atom stereocenters. The van der Waals surface area contributed by atoms with Crippen molar-refractivity contribution in [1.82, 2.24) is 25.0 Å². The highest BCUT2D eigenvalue weighted by molar-refractivity contribution is 7.07. The lowest BCUT2D eigenvalue weighted by Crippen LogP contribution is -2.35. The van der Waals surface area contributed by atoms with Crippen LogP contribution in [-0.2, 0) is 13.0 Å². The second-order valence-corrected chi connectivity index (χ2v) is 6.65. The van der Waals surface area contributed by atoms with Gasteiger partial charge in [0, 0.05) is 43.8 Å². The average Bonchev–Trinajstić information content (AvgIpc) is 3.16. The number of nitrogens with one attached hydrogen (secondary N) is 1. The van der Waals surface area contributed by atoms with Gasteiger partial charge in [0.25, 0.3) is 5.91 Å². The molecular weight excluding hydrogens is 310 g/mol. The van der Waals surface area contributed by atoms with Crippen molar-refractivity contribution in [1.29, 1.82) is 0 Å². The van der Waals surface area contributed by atoms with E-state index in [4.69, 9.17) is 0 Å². The van der Waals surface area contributed by atoms with Crippen LogP contribution in [0.4, 0.5) is 0 Å². The third kappa shape index (κ3) is 4.17. The van der Waals surface area contributed by atoms with Crippen LogP contribution in [0.15, 0.2) is 17.0 Å². The Morgan fingerprint density at radius 2 is 2.26 bits per heavy atom. The van der Waals surface area contributed by atoms with Crippen molar-refractivity contribution in [2.45, 2.75) is 32.7 Å². The lowest BCUT2D eigenvalue weighted by molar-refractivity contribution is 0.0755. The quantitative estimate of drug-likeness (QED) is 0.911.